The van der Waals surface area contributed by atoms with E-state index >= 15 is 0 Å². The Morgan fingerprint density at radius 1 is 1.33 bits per heavy atom. The number of hydrogen-bond acceptors (Lipinski definition) is 4. The zero-order valence-electron chi connectivity index (χ0n) is 14.1. The fourth-order valence-electron chi connectivity index (χ4n) is 3.04. The summed E-state index contributed by atoms with van der Waals surface area (Å²) in [6.45, 7) is 4.22. The third-order valence-electron chi connectivity index (χ3n) is 4.32. The summed E-state index contributed by atoms with van der Waals surface area (Å²) in [5.41, 5.74) is 9.62. The summed E-state index contributed by atoms with van der Waals surface area (Å²) >= 11 is 0. The number of aromatic amines is 1. The summed E-state index contributed by atoms with van der Waals surface area (Å²) in [7, 11) is 1.77. The number of nitrogens with two attached hydrogens (primary N) is 1. The molecule has 0 bridgehead atoms. The van der Waals surface area contributed by atoms with Gasteiger partial charge in [0.15, 0.2) is 0 Å². The Morgan fingerprint density at radius 2 is 2.12 bits per heavy atom. The standard InChI is InChI=1S/C18H21N5O/c1-11-16(12(2)22-21-11)17(19)18(24)23(3)10-14-6-4-5-13-9-20-8-7-15(13)14/h4-9,17H,10,19H2,1-3H3,(H,21,22)/t17-/m1/s1. The molecule has 0 radical (unpaired) electrons. The Morgan fingerprint density at radius 3 is 2.83 bits per heavy atom. The Bertz CT molecular complexity index is 861. The second kappa shape index (κ2) is 6.41. The average Bonchev–Trinajstić information content (AvgIpc) is 2.92. The molecule has 0 saturated carbocycles. The van der Waals surface area contributed by atoms with Crippen LogP contribution >= 0.6 is 0 Å². The van der Waals surface area contributed by atoms with Crippen LogP contribution in [0.4, 0.5) is 0 Å². The first-order chi connectivity index (χ1) is 11.5. The lowest BCUT2D eigenvalue weighted by molar-refractivity contribution is -0.132. The number of carbonyl (C=O) groups is 1. The van der Waals surface area contributed by atoms with Crippen LogP contribution in [0.5, 0.6) is 0 Å². The molecule has 3 N–H and O–H groups in total. The van der Waals surface area contributed by atoms with Crippen LogP contribution in [0.2, 0.25) is 0 Å². The SMILES string of the molecule is Cc1n[nH]c(C)c1[C@@H](N)C(=O)N(C)Cc1cccc2cnccc12. The molecule has 3 rings (SSSR count). The summed E-state index contributed by atoms with van der Waals surface area (Å²) in [6, 6.07) is 7.25. The molecule has 1 amide bonds. The molecule has 0 spiro atoms. The number of aromatic nitrogens is 3. The highest BCUT2D eigenvalue weighted by molar-refractivity contribution is 5.86. The van der Waals surface area contributed by atoms with E-state index in [-0.39, 0.29) is 5.91 Å². The summed E-state index contributed by atoms with van der Waals surface area (Å²) in [5, 5.41) is 9.15. The number of nitrogens with one attached hydrogen (secondary N) is 1. The minimum absolute atomic E-state index is 0.131. The van der Waals surface area contributed by atoms with E-state index in [1.165, 1.54) is 0 Å². The van der Waals surface area contributed by atoms with E-state index in [1.54, 1.807) is 18.1 Å². The van der Waals surface area contributed by atoms with Crippen LogP contribution in [-0.4, -0.2) is 33.0 Å². The van der Waals surface area contributed by atoms with Gasteiger partial charge in [0, 0.05) is 42.6 Å². The molecule has 0 saturated heterocycles. The van der Waals surface area contributed by atoms with Gasteiger partial charge in [0.05, 0.1) is 5.69 Å². The lowest BCUT2D eigenvalue weighted by Gasteiger charge is -2.22. The zero-order chi connectivity index (χ0) is 17.3. The lowest BCUT2D eigenvalue weighted by Crippen LogP contribution is -2.36. The van der Waals surface area contributed by atoms with Crippen LogP contribution in [0.25, 0.3) is 10.8 Å². The van der Waals surface area contributed by atoms with Gasteiger partial charge >= 0.3 is 0 Å². The van der Waals surface area contributed by atoms with Crippen molar-refractivity contribution in [2.24, 2.45) is 5.73 Å². The summed E-state index contributed by atoms with van der Waals surface area (Å²) < 4.78 is 0. The van der Waals surface area contributed by atoms with Crippen LogP contribution in [0.3, 0.4) is 0 Å². The number of likely N-dealkylation sites (N-methyl/N-ethyl adjacent to an activating group) is 1. The minimum Gasteiger partial charge on any atom is -0.340 e. The normalized spacial score (nSPS) is 12.3. The van der Waals surface area contributed by atoms with Gasteiger partial charge in [-0.3, -0.25) is 14.9 Å². The van der Waals surface area contributed by atoms with Gasteiger partial charge in [-0.1, -0.05) is 18.2 Å². The quantitative estimate of drug-likeness (QED) is 0.770. The molecule has 1 aromatic carbocycles. The van der Waals surface area contributed by atoms with Crippen molar-refractivity contribution in [1.82, 2.24) is 20.1 Å². The maximum Gasteiger partial charge on any atom is 0.244 e. The van der Waals surface area contributed by atoms with Crippen LogP contribution in [0, 0.1) is 13.8 Å². The molecule has 1 atom stereocenters. The maximum atomic E-state index is 12.7. The highest BCUT2D eigenvalue weighted by atomic mass is 16.2. The van der Waals surface area contributed by atoms with E-state index < -0.39 is 6.04 Å². The highest BCUT2D eigenvalue weighted by Gasteiger charge is 2.25. The first kappa shape index (κ1) is 16.1. The van der Waals surface area contributed by atoms with Gasteiger partial charge in [-0.15, -0.1) is 0 Å². The number of aryl methyl sites for hydroxylation is 2. The van der Waals surface area contributed by atoms with Crippen molar-refractivity contribution < 1.29 is 4.79 Å². The largest absolute Gasteiger partial charge is 0.340 e. The maximum absolute atomic E-state index is 12.7. The fraction of sp³-hybridized carbons (Fsp3) is 0.278. The molecular formula is C18H21N5O. The third-order valence-corrected chi connectivity index (χ3v) is 4.32. The van der Waals surface area contributed by atoms with Gasteiger partial charge < -0.3 is 10.6 Å². The zero-order valence-corrected chi connectivity index (χ0v) is 14.1. The first-order valence-electron chi connectivity index (χ1n) is 7.82. The Kier molecular flexibility index (Phi) is 4.31. The van der Waals surface area contributed by atoms with Gasteiger partial charge in [-0.05, 0) is 30.9 Å². The molecule has 24 heavy (non-hydrogen) atoms. The van der Waals surface area contributed by atoms with Crippen LogP contribution in [0.15, 0.2) is 36.7 Å². The van der Waals surface area contributed by atoms with Crippen molar-refractivity contribution in [1.29, 1.82) is 0 Å². The molecule has 6 nitrogen and oxygen atoms in total. The number of benzene rings is 1. The van der Waals surface area contributed by atoms with Crippen molar-refractivity contribution >= 4 is 16.7 Å². The number of rotatable bonds is 4. The van der Waals surface area contributed by atoms with Crippen LogP contribution in [0.1, 0.15) is 28.6 Å². The number of pyridine rings is 1. The molecule has 0 fully saturated rings. The average molecular weight is 323 g/mol. The molecule has 2 heterocycles. The highest BCUT2D eigenvalue weighted by Crippen LogP contribution is 2.22. The fourth-order valence-corrected chi connectivity index (χ4v) is 3.04. The van der Waals surface area contributed by atoms with Crippen molar-refractivity contribution in [3.8, 4) is 0 Å². The number of carbonyl (C=O) groups excluding carboxylic acids is 1. The number of nitrogens with zero attached hydrogens (tertiary/aromatic N) is 3. The van der Waals surface area contributed by atoms with Gasteiger partial charge in [-0.25, -0.2) is 0 Å². The predicted octanol–water partition coefficient (Wildman–Crippen LogP) is 2.23. The Labute approximate surface area is 140 Å². The van der Waals surface area contributed by atoms with E-state index in [0.717, 1.165) is 33.3 Å². The predicted molar refractivity (Wildman–Crippen MR) is 93.2 cm³/mol. The smallest absolute Gasteiger partial charge is 0.244 e. The second-order valence-electron chi connectivity index (χ2n) is 6.03. The topological polar surface area (TPSA) is 87.9 Å². The molecule has 0 unspecified atom stereocenters. The molecule has 6 heteroatoms. The Hall–Kier alpha value is -2.73. The first-order valence-corrected chi connectivity index (χ1v) is 7.82. The van der Waals surface area contributed by atoms with Crippen molar-refractivity contribution in [3.05, 3.63) is 59.2 Å². The molecular weight excluding hydrogens is 302 g/mol. The van der Waals surface area contributed by atoms with Gasteiger partial charge in [-0.2, -0.15) is 5.10 Å². The van der Waals surface area contributed by atoms with Gasteiger partial charge in [0.25, 0.3) is 0 Å². The molecule has 0 aliphatic heterocycles. The lowest BCUT2D eigenvalue weighted by atomic mass is 10.0. The molecule has 3 aromatic rings. The third kappa shape index (κ3) is 2.88. The number of amides is 1. The Balaban J connectivity index is 1.84. The van der Waals surface area contributed by atoms with Crippen molar-refractivity contribution in [2.45, 2.75) is 26.4 Å². The van der Waals surface area contributed by atoms with Crippen LogP contribution in [-0.2, 0) is 11.3 Å². The van der Waals surface area contributed by atoms with Gasteiger partial charge in [0.1, 0.15) is 6.04 Å². The molecule has 2 aromatic heterocycles. The summed E-state index contributed by atoms with van der Waals surface area (Å²) in [5.74, 6) is -0.131. The monoisotopic (exact) mass is 323 g/mol. The number of hydrogen-bond donors (Lipinski definition) is 2. The summed E-state index contributed by atoms with van der Waals surface area (Å²) in [6.07, 6.45) is 3.59. The number of H-pyrrole nitrogens is 1. The molecule has 124 valence electrons. The van der Waals surface area contributed by atoms with Crippen molar-refractivity contribution in [2.75, 3.05) is 7.05 Å². The van der Waals surface area contributed by atoms with E-state index in [4.69, 9.17) is 5.73 Å². The minimum atomic E-state index is -0.717. The van der Waals surface area contributed by atoms with E-state index in [9.17, 15) is 4.79 Å². The van der Waals surface area contributed by atoms with Crippen molar-refractivity contribution in [3.63, 3.8) is 0 Å². The molecule has 0 aliphatic carbocycles. The van der Waals surface area contributed by atoms with Gasteiger partial charge in [0.2, 0.25) is 5.91 Å². The number of fused-ring (bicyclic) bond motifs is 1. The summed E-state index contributed by atoms with van der Waals surface area (Å²) in [4.78, 5) is 18.5. The second-order valence-corrected chi connectivity index (χ2v) is 6.03. The van der Waals surface area contributed by atoms with E-state index in [1.807, 2.05) is 44.3 Å². The molecule has 0 aliphatic rings. The van der Waals surface area contributed by atoms with E-state index in [0.29, 0.717) is 6.54 Å². The van der Waals surface area contributed by atoms with Crippen LogP contribution < -0.4 is 5.73 Å². The van der Waals surface area contributed by atoms with E-state index in [2.05, 4.69) is 15.2 Å².